The summed E-state index contributed by atoms with van der Waals surface area (Å²) in [5.41, 5.74) is -0.126. The maximum absolute atomic E-state index is 12.8. The maximum atomic E-state index is 12.8. The van der Waals surface area contributed by atoms with Crippen molar-refractivity contribution in [3.63, 3.8) is 0 Å². The van der Waals surface area contributed by atoms with E-state index in [9.17, 15) is 9.59 Å². The predicted molar refractivity (Wildman–Crippen MR) is 90.1 cm³/mol. The summed E-state index contributed by atoms with van der Waals surface area (Å²) in [4.78, 5) is 26.7. The Kier molecular flexibility index (Phi) is 3.11. The molecule has 4 saturated carbocycles. The smallest absolute Gasteiger partial charge is 0.322 e. The van der Waals surface area contributed by atoms with Crippen molar-refractivity contribution >= 4 is 23.7 Å². The summed E-state index contributed by atoms with van der Waals surface area (Å²) in [7, 11) is 0. The van der Waals surface area contributed by atoms with E-state index in [1.165, 1.54) is 38.5 Å². The average Bonchev–Trinajstić information content (AvgIpc) is 3.03. The van der Waals surface area contributed by atoms with Crippen molar-refractivity contribution in [2.24, 2.45) is 23.2 Å². The normalized spacial score (nSPS) is 47.8. The Balaban J connectivity index is 1.29. The van der Waals surface area contributed by atoms with Gasteiger partial charge in [0.05, 0.1) is 0 Å². The van der Waals surface area contributed by atoms with Crippen LogP contribution in [0.5, 0.6) is 0 Å². The minimum Gasteiger partial charge on any atom is -0.322 e. The van der Waals surface area contributed by atoms with Crippen LogP contribution in [0.2, 0.25) is 0 Å². The molecule has 3 amide bonds. The van der Waals surface area contributed by atoms with Gasteiger partial charge in [-0.1, -0.05) is 0 Å². The van der Waals surface area contributed by atoms with Crippen LogP contribution in [0, 0.1) is 23.2 Å². The molecule has 4 aliphatic carbocycles. The number of nitrogens with one attached hydrogen (secondary N) is 1. The zero-order chi connectivity index (χ0) is 15.7. The minimum absolute atomic E-state index is 0.0530. The molecular weight excluding hydrogens is 308 g/mol. The lowest BCUT2D eigenvalue weighted by Gasteiger charge is -2.57. The number of nitrogens with zero attached hydrogens (tertiary/aromatic N) is 1. The molecule has 2 heterocycles. The van der Waals surface area contributed by atoms with Crippen LogP contribution in [0.3, 0.4) is 0 Å². The van der Waals surface area contributed by atoms with E-state index < -0.39 is 5.54 Å². The van der Waals surface area contributed by atoms with Crippen LogP contribution in [-0.4, -0.2) is 40.4 Å². The second-order valence-corrected chi connectivity index (χ2v) is 10.0. The first-order valence-corrected chi connectivity index (χ1v) is 10.4. The van der Waals surface area contributed by atoms with Gasteiger partial charge in [0.25, 0.3) is 5.91 Å². The summed E-state index contributed by atoms with van der Waals surface area (Å²) in [5.74, 6) is 4.59. The number of hydrogen-bond acceptors (Lipinski definition) is 3. The molecule has 1 spiro atoms. The largest absolute Gasteiger partial charge is 0.325 e. The molecule has 126 valence electrons. The third-order valence-electron chi connectivity index (χ3n) is 7.30. The lowest BCUT2D eigenvalue weighted by molar-refractivity contribution is -0.131. The second-order valence-electron chi connectivity index (χ2n) is 8.94. The highest BCUT2D eigenvalue weighted by Gasteiger charge is 2.54. The van der Waals surface area contributed by atoms with Crippen LogP contribution in [0.15, 0.2) is 0 Å². The maximum Gasteiger partial charge on any atom is 0.325 e. The highest BCUT2D eigenvalue weighted by Crippen LogP contribution is 2.61. The molecule has 5 heteroatoms. The lowest BCUT2D eigenvalue weighted by Crippen LogP contribution is -2.48. The van der Waals surface area contributed by atoms with Gasteiger partial charge in [0.1, 0.15) is 5.54 Å². The standard InChI is InChI=1S/C18H26N2O2S/c21-15-18(2-4-23-11-18)19-16(22)20(15)3-1-17-8-12-5-13(9-17)7-14(6-12)10-17/h12-14H,1-11H2,(H,19,22). The van der Waals surface area contributed by atoms with Crippen molar-refractivity contribution in [1.29, 1.82) is 0 Å². The summed E-state index contributed by atoms with van der Waals surface area (Å²) in [6, 6.07) is -0.137. The number of carbonyl (C=O) groups excluding carboxylic acids is 2. The van der Waals surface area contributed by atoms with E-state index in [-0.39, 0.29) is 11.9 Å². The summed E-state index contributed by atoms with van der Waals surface area (Å²) >= 11 is 1.78. The first-order chi connectivity index (χ1) is 11.1. The number of hydrogen-bond donors (Lipinski definition) is 1. The lowest BCUT2D eigenvalue weighted by atomic mass is 9.49. The Morgan fingerprint density at radius 2 is 1.74 bits per heavy atom. The Morgan fingerprint density at radius 1 is 1.09 bits per heavy atom. The van der Waals surface area contributed by atoms with Crippen molar-refractivity contribution in [3.05, 3.63) is 0 Å². The number of amides is 3. The molecule has 6 aliphatic rings. The monoisotopic (exact) mass is 334 g/mol. The minimum atomic E-state index is -0.566. The highest BCUT2D eigenvalue weighted by molar-refractivity contribution is 7.99. The Hall–Kier alpha value is -0.710. The fraction of sp³-hybridized carbons (Fsp3) is 0.889. The molecule has 4 bridgehead atoms. The number of carbonyl (C=O) groups is 2. The summed E-state index contributed by atoms with van der Waals surface area (Å²) in [5, 5.41) is 3.00. The summed E-state index contributed by atoms with van der Waals surface area (Å²) in [6.07, 6.45) is 10.2. The van der Waals surface area contributed by atoms with Crippen LogP contribution in [-0.2, 0) is 4.79 Å². The molecule has 6 fully saturated rings. The molecule has 2 saturated heterocycles. The highest BCUT2D eigenvalue weighted by atomic mass is 32.2. The Morgan fingerprint density at radius 3 is 2.30 bits per heavy atom. The quantitative estimate of drug-likeness (QED) is 0.807. The third-order valence-corrected chi connectivity index (χ3v) is 8.49. The molecule has 0 aromatic rings. The van der Waals surface area contributed by atoms with Crippen LogP contribution in [0.1, 0.15) is 51.4 Å². The van der Waals surface area contributed by atoms with Gasteiger partial charge in [-0.25, -0.2) is 4.79 Å². The van der Waals surface area contributed by atoms with Gasteiger partial charge in [-0.2, -0.15) is 11.8 Å². The van der Waals surface area contributed by atoms with E-state index in [0.717, 1.165) is 42.1 Å². The molecule has 1 unspecified atom stereocenters. The third kappa shape index (κ3) is 2.18. The molecule has 1 atom stereocenters. The molecule has 2 aliphatic heterocycles. The van der Waals surface area contributed by atoms with Gasteiger partial charge in [0.2, 0.25) is 0 Å². The van der Waals surface area contributed by atoms with E-state index in [0.29, 0.717) is 12.0 Å². The van der Waals surface area contributed by atoms with Gasteiger partial charge in [-0.3, -0.25) is 9.69 Å². The first kappa shape index (κ1) is 14.6. The van der Waals surface area contributed by atoms with Gasteiger partial charge in [0.15, 0.2) is 0 Å². The molecule has 0 aromatic heterocycles. The van der Waals surface area contributed by atoms with Crippen LogP contribution in [0.25, 0.3) is 0 Å². The molecule has 23 heavy (non-hydrogen) atoms. The number of imide groups is 1. The van der Waals surface area contributed by atoms with E-state index in [1.807, 2.05) is 0 Å². The van der Waals surface area contributed by atoms with Crippen molar-refractivity contribution in [2.75, 3.05) is 18.1 Å². The van der Waals surface area contributed by atoms with Crippen LogP contribution < -0.4 is 5.32 Å². The van der Waals surface area contributed by atoms with Crippen molar-refractivity contribution in [1.82, 2.24) is 10.2 Å². The van der Waals surface area contributed by atoms with Crippen molar-refractivity contribution in [2.45, 2.75) is 56.9 Å². The van der Waals surface area contributed by atoms with Gasteiger partial charge in [0, 0.05) is 12.3 Å². The number of urea groups is 1. The van der Waals surface area contributed by atoms with Crippen LogP contribution in [0.4, 0.5) is 4.79 Å². The topological polar surface area (TPSA) is 49.4 Å². The predicted octanol–water partition coefficient (Wildman–Crippen LogP) is 3.02. The molecular formula is C18H26N2O2S. The van der Waals surface area contributed by atoms with E-state index in [1.54, 1.807) is 16.7 Å². The second kappa shape index (κ2) is 4.90. The molecule has 0 radical (unpaired) electrons. The molecule has 0 aromatic carbocycles. The first-order valence-electron chi connectivity index (χ1n) is 9.29. The van der Waals surface area contributed by atoms with Crippen molar-refractivity contribution < 1.29 is 9.59 Å². The van der Waals surface area contributed by atoms with E-state index in [4.69, 9.17) is 0 Å². The summed E-state index contributed by atoms with van der Waals surface area (Å²) in [6.45, 7) is 0.642. The molecule has 1 N–H and O–H groups in total. The SMILES string of the molecule is O=C1NC2(CCSC2)C(=O)N1CCC12CC3CC(CC(C3)C1)C2. The van der Waals surface area contributed by atoms with Gasteiger partial charge >= 0.3 is 6.03 Å². The van der Waals surface area contributed by atoms with E-state index in [2.05, 4.69) is 5.32 Å². The fourth-order valence-corrected chi connectivity index (χ4v) is 7.98. The van der Waals surface area contributed by atoms with Gasteiger partial charge < -0.3 is 5.32 Å². The Bertz CT molecular complexity index is 520. The van der Waals surface area contributed by atoms with Gasteiger partial charge in [-0.15, -0.1) is 0 Å². The zero-order valence-corrected chi connectivity index (χ0v) is 14.5. The van der Waals surface area contributed by atoms with E-state index >= 15 is 0 Å². The average molecular weight is 334 g/mol. The van der Waals surface area contributed by atoms with Gasteiger partial charge in [-0.05, 0) is 80.3 Å². The Labute approximate surface area is 142 Å². The summed E-state index contributed by atoms with van der Waals surface area (Å²) < 4.78 is 0. The van der Waals surface area contributed by atoms with Crippen LogP contribution >= 0.6 is 11.8 Å². The number of thioether (sulfide) groups is 1. The fourth-order valence-electron chi connectivity index (χ4n) is 6.66. The number of rotatable bonds is 3. The molecule has 6 rings (SSSR count). The van der Waals surface area contributed by atoms with Crippen molar-refractivity contribution in [3.8, 4) is 0 Å². The zero-order valence-electron chi connectivity index (χ0n) is 13.7. The molecule has 4 nitrogen and oxygen atoms in total.